The molecule has 0 atom stereocenters. The molecule has 0 unspecified atom stereocenters. The molecule has 1 aromatic carbocycles. The number of carbonyl (C=O) groups is 1. The number of nitriles is 1. The maximum absolute atomic E-state index is 12.0. The van der Waals surface area contributed by atoms with Crippen LogP contribution in [0.4, 0.5) is 24.5 Å². The Kier molecular flexibility index (Phi) is 4.34. The van der Waals surface area contributed by atoms with Crippen LogP contribution in [0.5, 0.6) is 0 Å². The number of anilines is 1. The predicted molar refractivity (Wildman–Crippen MR) is 59.3 cm³/mol. The number of benzene rings is 1. The van der Waals surface area contributed by atoms with E-state index < -0.39 is 28.4 Å². The SMILES string of the molecule is N#CSc1ccc(NC(=O)C(F)(F)F)c([N+](=O)[O-])c1. The molecule has 0 radical (unpaired) electrons. The Hall–Kier alpha value is -2.28. The Morgan fingerprint density at radius 3 is 2.58 bits per heavy atom. The molecule has 1 rings (SSSR count). The number of rotatable bonds is 3. The van der Waals surface area contributed by atoms with E-state index in [4.69, 9.17) is 5.26 Å². The number of thiocyanates is 1. The van der Waals surface area contributed by atoms with Gasteiger partial charge < -0.3 is 5.32 Å². The first-order chi connectivity index (χ1) is 8.75. The summed E-state index contributed by atoms with van der Waals surface area (Å²) < 4.78 is 36.1. The maximum atomic E-state index is 12.0. The highest BCUT2D eigenvalue weighted by molar-refractivity contribution is 8.03. The van der Waals surface area contributed by atoms with Gasteiger partial charge in [0.2, 0.25) is 0 Å². The first-order valence-corrected chi connectivity index (χ1v) is 5.30. The van der Waals surface area contributed by atoms with E-state index in [9.17, 15) is 28.1 Å². The number of nitro benzene ring substituents is 1. The summed E-state index contributed by atoms with van der Waals surface area (Å²) >= 11 is 0.606. The third kappa shape index (κ3) is 3.85. The minimum Gasteiger partial charge on any atom is -0.312 e. The number of hydrogen-bond acceptors (Lipinski definition) is 5. The number of thioether (sulfide) groups is 1. The van der Waals surface area contributed by atoms with Crippen LogP contribution in [0.2, 0.25) is 0 Å². The molecule has 0 aromatic heterocycles. The minimum absolute atomic E-state index is 0.180. The van der Waals surface area contributed by atoms with Gasteiger partial charge in [-0.05, 0) is 23.9 Å². The van der Waals surface area contributed by atoms with E-state index in [1.165, 1.54) is 11.4 Å². The number of nitro groups is 1. The maximum Gasteiger partial charge on any atom is 0.471 e. The highest BCUT2D eigenvalue weighted by Crippen LogP contribution is 2.31. The Labute approximate surface area is 108 Å². The van der Waals surface area contributed by atoms with Gasteiger partial charge in [0, 0.05) is 11.0 Å². The topological polar surface area (TPSA) is 96.0 Å². The summed E-state index contributed by atoms with van der Waals surface area (Å²) in [7, 11) is 0. The van der Waals surface area contributed by atoms with Crippen LogP contribution >= 0.6 is 11.8 Å². The highest BCUT2D eigenvalue weighted by Gasteiger charge is 2.39. The van der Waals surface area contributed by atoms with Crippen LogP contribution in [-0.4, -0.2) is 17.0 Å². The normalized spacial score (nSPS) is 10.6. The van der Waals surface area contributed by atoms with Crippen molar-refractivity contribution in [3.63, 3.8) is 0 Å². The molecular weight excluding hydrogens is 287 g/mol. The Balaban J connectivity index is 3.11. The number of nitrogens with one attached hydrogen (secondary N) is 1. The molecule has 1 N–H and O–H groups in total. The van der Waals surface area contributed by atoms with Gasteiger partial charge in [-0.1, -0.05) is 0 Å². The van der Waals surface area contributed by atoms with Crippen LogP contribution in [0.15, 0.2) is 23.1 Å². The monoisotopic (exact) mass is 291 g/mol. The summed E-state index contributed by atoms with van der Waals surface area (Å²) in [4.78, 5) is 20.6. The van der Waals surface area contributed by atoms with Crippen molar-refractivity contribution in [3.05, 3.63) is 28.3 Å². The van der Waals surface area contributed by atoms with E-state index in [-0.39, 0.29) is 4.90 Å². The quantitative estimate of drug-likeness (QED) is 0.399. The standard InChI is InChI=1S/C9H4F3N3O3S/c10-9(11,12)8(16)14-6-2-1-5(19-4-13)3-7(6)15(17)18/h1-3H,(H,14,16). The van der Waals surface area contributed by atoms with Crippen molar-refractivity contribution in [2.45, 2.75) is 11.1 Å². The van der Waals surface area contributed by atoms with Crippen molar-refractivity contribution in [3.8, 4) is 5.40 Å². The molecule has 1 amide bonds. The Morgan fingerprint density at radius 1 is 1.47 bits per heavy atom. The lowest BCUT2D eigenvalue weighted by atomic mass is 10.2. The summed E-state index contributed by atoms with van der Waals surface area (Å²) in [5.41, 5.74) is -1.31. The number of nitrogens with zero attached hydrogens (tertiary/aromatic N) is 2. The van der Waals surface area contributed by atoms with E-state index in [1.54, 1.807) is 5.40 Å². The molecule has 0 spiro atoms. The zero-order valence-electron chi connectivity index (χ0n) is 8.89. The van der Waals surface area contributed by atoms with Gasteiger partial charge in [-0.3, -0.25) is 14.9 Å². The van der Waals surface area contributed by atoms with Gasteiger partial charge in [0.15, 0.2) is 0 Å². The second-order valence-corrected chi connectivity index (χ2v) is 3.94. The van der Waals surface area contributed by atoms with Gasteiger partial charge in [-0.15, -0.1) is 0 Å². The molecule has 0 bridgehead atoms. The molecule has 10 heteroatoms. The van der Waals surface area contributed by atoms with Gasteiger partial charge in [0.05, 0.1) is 4.92 Å². The number of carbonyl (C=O) groups excluding carboxylic acids is 1. The molecule has 6 nitrogen and oxygen atoms in total. The summed E-state index contributed by atoms with van der Waals surface area (Å²) in [6.07, 6.45) is -5.14. The van der Waals surface area contributed by atoms with Crippen molar-refractivity contribution < 1.29 is 22.9 Å². The Bertz CT molecular complexity index is 568. The number of halogens is 3. The average Bonchev–Trinajstić information content (AvgIpc) is 2.29. The van der Waals surface area contributed by atoms with Gasteiger partial charge in [-0.25, -0.2) is 0 Å². The first-order valence-electron chi connectivity index (χ1n) is 4.48. The third-order valence-corrected chi connectivity index (χ3v) is 2.42. The molecule has 0 aliphatic carbocycles. The van der Waals surface area contributed by atoms with Crippen LogP contribution < -0.4 is 5.32 Å². The zero-order valence-corrected chi connectivity index (χ0v) is 9.71. The summed E-state index contributed by atoms with van der Waals surface area (Å²) in [6.45, 7) is 0. The van der Waals surface area contributed by atoms with E-state index in [0.717, 1.165) is 12.1 Å². The summed E-state index contributed by atoms with van der Waals surface area (Å²) in [6, 6.07) is 3.02. The molecule has 19 heavy (non-hydrogen) atoms. The van der Waals surface area contributed by atoms with Gasteiger partial charge >= 0.3 is 12.1 Å². The number of amides is 1. The van der Waals surface area contributed by atoms with Crippen molar-refractivity contribution in [2.24, 2.45) is 0 Å². The van der Waals surface area contributed by atoms with E-state index in [0.29, 0.717) is 11.8 Å². The van der Waals surface area contributed by atoms with Crippen LogP contribution in [0.1, 0.15) is 0 Å². The second kappa shape index (κ2) is 5.57. The molecule has 100 valence electrons. The van der Waals surface area contributed by atoms with E-state index >= 15 is 0 Å². The lowest BCUT2D eigenvalue weighted by molar-refractivity contribution is -0.384. The van der Waals surface area contributed by atoms with Gasteiger partial charge in [0.25, 0.3) is 5.69 Å². The van der Waals surface area contributed by atoms with Crippen molar-refractivity contribution in [1.29, 1.82) is 5.26 Å². The fraction of sp³-hybridized carbons (Fsp3) is 0.111. The minimum atomic E-state index is -5.14. The molecule has 0 fully saturated rings. The van der Waals surface area contributed by atoms with E-state index in [1.807, 2.05) is 0 Å². The highest BCUT2D eigenvalue weighted by atomic mass is 32.2. The number of alkyl halides is 3. The number of hydrogen-bond donors (Lipinski definition) is 1. The lowest BCUT2D eigenvalue weighted by Gasteiger charge is -2.08. The molecule has 0 saturated heterocycles. The predicted octanol–water partition coefficient (Wildman–Crippen LogP) is 2.67. The summed E-state index contributed by atoms with van der Waals surface area (Å²) in [5.74, 6) is -2.31. The third-order valence-electron chi connectivity index (χ3n) is 1.84. The first kappa shape index (κ1) is 14.8. The van der Waals surface area contributed by atoms with Gasteiger partial charge in [0.1, 0.15) is 11.1 Å². The van der Waals surface area contributed by atoms with Crippen LogP contribution in [0.3, 0.4) is 0 Å². The fourth-order valence-corrected chi connectivity index (χ4v) is 1.49. The van der Waals surface area contributed by atoms with Crippen molar-refractivity contribution in [2.75, 3.05) is 5.32 Å². The molecular formula is C9H4F3N3O3S. The average molecular weight is 291 g/mol. The molecule has 0 aliphatic rings. The molecule has 1 aromatic rings. The van der Waals surface area contributed by atoms with Gasteiger partial charge in [-0.2, -0.15) is 18.4 Å². The van der Waals surface area contributed by atoms with Crippen LogP contribution in [-0.2, 0) is 4.79 Å². The zero-order chi connectivity index (χ0) is 14.6. The Morgan fingerprint density at radius 2 is 2.11 bits per heavy atom. The van der Waals surface area contributed by atoms with Crippen LogP contribution in [0.25, 0.3) is 0 Å². The summed E-state index contributed by atoms with van der Waals surface area (Å²) in [5, 5.41) is 22.2. The van der Waals surface area contributed by atoms with Crippen LogP contribution in [0, 0.1) is 20.8 Å². The fourth-order valence-electron chi connectivity index (χ4n) is 1.08. The molecule has 0 heterocycles. The van der Waals surface area contributed by atoms with Crippen molar-refractivity contribution >= 4 is 29.0 Å². The van der Waals surface area contributed by atoms with Crippen molar-refractivity contribution in [1.82, 2.24) is 0 Å². The lowest BCUT2D eigenvalue weighted by Crippen LogP contribution is -2.30. The smallest absolute Gasteiger partial charge is 0.312 e. The largest absolute Gasteiger partial charge is 0.471 e. The van der Waals surface area contributed by atoms with E-state index in [2.05, 4.69) is 0 Å². The molecule has 0 aliphatic heterocycles. The second-order valence-electron chi connectivity index (χ2n) is 3.08. The molecule has 0 saturated carbocycles.